The van der Waals surface area contributed by atoms with Gasteiger partial charge in [-0.05, 0) is 12.8 Å². The van der Waals surface area contributed by atoms with E-state index in [1.807, 2.05) is 0 Å². The highest BCUT2D eigenvalue weighted by molar-refractivity contribution is 5.88. The zero-order valence-corrected chi connectivity index (χ0v) is 17.0. The summed E-state index contributed by atoms with van der Waals surface area (Å²) in [5.41, 5.74) is 5.50. The van der Waals surface area contributed by atoms with Crippen LogP contribution < -0.4 is 5.73 Å². The van der Waals surface area contributed by atoms with Crippen molar-refractivity contribution >= 4 is 17.9 Å². The number of hydrogen-bond donors (Lipinski definition) is 2. The molecule has 0 aromatic heterocycles. The average molecular weight is 386 g/mol. The Morgan fingerprint density at radius 1 is 0.778 bits per heavy atom. The Balaban J connectivity index is 3.43. The van der Waals surface area contributed by atoms with Gasteiger partial charge < -0.3 is 15.6 Å². The molecule has 6 nitrogen and oxygen atoms in total. The molecule has 1 atom stereocenters. The minimum atomic E-state index is -1.06. The number of carbonyl (C=O) groups is 3. The fourth-order valence-electron chi connectivity index (χ4n) is 2.92. The number of esters is 2. The molecule has 0 saturated heterocycles. The molecule has 0 bridgehead atoms. The molecule has 3 N–H and O–H groups in total. The van der Waals surface area contributed by atoms with Crippen molar-refractivity contribution in [2.24, 2.45) is 5.73 Å². The first-order chi connectivity index (χ1) is 13.0. The third-order valence-corrected chi connectivity index (χ3v) is 4.67. The number of unbranched alkanes of at least 4 members (excludes halogenated alkanes) is 12. The monoisotopic (exact) mass is 385 g/mol. The molecule has 0 rings (SSSR count). The fraction of sp³-hybridized carbons (Fsp3) is 0.857. The van der Waals surface area contributed by atoms with Crippen LogP contribution in [0.1, 0.15) is 110 Å². The number of nitrogens with two attached hydrogens (primary N) is 1. The molecule has 0 heterocycles. The van der Waals surface area contributed by atoms with Crippen molar-refractivity contribution in [2.75, 3.05) is 0 Å². The van der Waals surface area contributed by atoms with E-state index in [1.54, 1.807) is 0 Å². The number of carbonyl (C=O) groups excluding carboxylic acids is 2. The molecule has 1 unspecified atom stereocenters. The van der Waals surface area contributed by atoms with Gasteiger partial charge in [-0.2, -0.15) is 0 Å². The minimum absolute atomic E-state index is 0.0276. The normalized spacial score (nSPS) is 11.9. The molecule has 0 aromatic carbocycles. The van der Waals surface area contributed by atoms with Crippen LogP contribution in [0.4, 0.5) is 0 Å². The first kappa shape index (κ1) is 25.6. The largest absolute Gasteiger partial charge is 0.481 e. The highest BCUT2D eigenvalue weighted by atomic mass is 16.6. The third-order valence-electron chi connectivity index (χ3n) is 4.67. The van der Waals surface area contributed by atoms with E-state index in [2.05, 4.69) is 11.7 Å². The molecular formula is C21H39NO5. The van der Waals surface area contributed by atoms with E-state index in [1.165, 1.54) is 64.2 Å². The highest BCUT2D eigenvalue weighted by Gasteiger charge is 2.19. The number of hydrogen-bond acceptors (Lipinski definition) is 5. The fourth-order valence-corrected chi connectivity index (χ4v) is 2.92. The highest BCUT2D eigenvalue weighted by Crippen LogP contribution is 2.13. The summed E-state index contributed by atoms with van der Waals surface area (Å²) in [6.07, 6.45) is 15.9. The number of carboxylic acid groups (broad SMARTS) is 1. The van der Waals surface area contributed by atoms with Gasteiger partial charge in [0, 0.05) is 12.8 Å². The Kier molecular flexibility index (Phi) is 17.0. The van der Waals surface area contributed by atoms with E-state index < -0.39 is 23.9 Å². The van der Waals surface area contributed by atoms with Crippen molar-refractivity contribution in [3.05, 3.63) is 0 Å². The second-order valence-electron chi connectivity index (χ2n) is 7.32. The van der Waals surface area contributed by atoms with Crippen molar-refractivity contribution in [2.45, 2.75) is 116 Å². The molecular weight excluding hydrogens is 346 g/mol. The van der Waals surface area contributed by atoms with Gasteiger partial charge in [-0.25, -0.2) is 4.79 Å². The second-order valence-corrected chi connectivity index (χ2v) is 7.32. The maximum Gasteiger partial charge on any atom is 0.330 e. The predicted molar refractivity (Wildman–Crippen MR) is 106 cm³/mol. The van der Waals surface area contributed by atoms with Crippen LogP contribution in [0.15, 0.2) is 0 Å². The smallest absolute Gasteiger partial charge is 0.330 e. The van der Waals surface area contributed by atoms with Crippen LogP contribution in [-0.2, 0) is 19.1 Å². The maximum absolute atomic E-state index is 11.6. The van der Waals surface area contributed by atoms with Crippen LogP contribution >= 0.6 is 0 Å². The summed E-state index contributed by atoms with van der Waals surface area (Å²) in [5, 5.41) is 8.54. The molecule has 0 aromatic rings. The lowest BCUT2D eigenvalue weighted by atomic mass is 10.0. The van der Waals surface area contributed by atoms with Crippen LogP contribution in [0.3, 0.4) is 0 Å². The standard InChI is InChI=1S/C21H39NO5/c1-2-3-4-5-6-7-8-9-10-11-12-13-14-15-20(25)27-21(26)18(22)16-17-19(23)24/h18H,2-17,22H2,1H3,(H,23,24). The Morgan fingerprint density at radius 3 is 1.67 bits per heavy atom. The van der Waals surface area contributed by atoms with Gasteiger partial charge in [0.1, 0.15) is 6.04 Å². The molecule has 0 spiro atoms. The molecule has 0 aliphatic rings. The van der Waals surface area contributed by atoms with Gasteiger partial charge in [0.05, 0.1) is 0 Å². The summed E-state index contributed by atoms with van der Waals surface area (Å²) in [5.74, 6) is -2.44. The maximum atomic E-state index is 11.6. The molecule has 0 fully saturated rings. The predicted octanol–water partition coefficient (Wildman–Crippen LogP) is 4.73. The first-order valence-corrected chi connectivity index (χ1v) is 10.7. The lowest BCUT2D eigenvalue weighted by Gasteiger charge is -2.09. The molecule has 158 valence electrons. The quantitative estimate of drug-likeness (QED) is 0.201. The second kappa shape index (κ2) is 18.0. The lowest BCUT2D eigenvalue weighted by molar-refractivity contribution is -0.160. The summed E-state index contributed by atoms with van der Waals surface area (Å²) < 4.78 is 4.66. The number of rotatable bonds is 18. The van der Waals surface area contributed by atoms with Crippen molar-refractivity contribution in [1.29, 1.82) is 0 Å². The van der Waals surface area contributed by atoms with Gasteiger partial charge in [0.25, 0.3) is 0 Å². The van der Waals surface area contributed by atoms with Gasteiger partial charge in [-0.1, -0.05) is 84.0 Å². The number of aliphatic carboxylic acids is 1. The minimum Gasteiger partial charge on any atom is -0.481 e. The molecule has 0 aliphatic heterocycles. The van der Waals surface area contributed by atoms with Gasteiger partial charge in [0.2, 0.25) is 0 Å². The third kappa shape index (κ3) is 17.7. The summed E-state index contributed by atoms with van der Waals surface area (Å²) in [6.45, 7) is 2.24. The van der Waals surface area contributed by atoms with E-state index in [9.17, 15) is 14.4 Å². The molecule has 0 radical (unpaired) electrons. The van der Waals surface area contributed by atoms with E-state index >= 15 is 0 Å². The summed E-state index contributed by atoms with van der Waals surface area (Å²) >= 11 is 0. The SMILES string of the molecule is CCCCCCCCCCCCCCCC(=O)OC(=O)C(N)CCC(=O)O. The number of carboxylic acids is 1. The Bertz CT molecular complexity index is 411. The molecule has 0 saturated carbocycles. The first-order valence-electron chi connectivity index (χ1n) is 10.7. The van der Waals surface area contributed by atoms with E-state index in [4.69, 9.17) is 10.8 Å². The van der Waals surface area contributed by atoms with Crippen LogP contribution in [0, 0.1) is 0 Å². The van der Waals surface area contributed by atoms with Crippen molar-refractivity contribution < 1.29 is 24.2 Å². The van der Waals surface area contributed by atoms with Gasteiger partial charge in [-0.3, -0.25) is 9.59 Å². The van der Waals surface area contributed by atoms with E-state index in [0.717, 1.165) is 12.8 Å². The van der Waals surface area contributed by atoms with Crippen LogP contribution in [0.5, 0.6) is 0 Å². The summed E-state index contributed by atoms with van der Waals surface area (Å²) in [4.78, 5) is 33.5. The molecule has 0 amide bonds. The van der Waals surface area contributed by atoms with Gasteiger partial charge in [-0.15, -0.1) is 0 Å². The topological polar surface area (TPSA) is 107 Å². The van der Waals surface area contributed by atoms with Crippen molar-refractivity contribution in [3.8, 4) is 0 Å². The number of ether oxygens (including phenoxy) is 1. The van der Waals surface area contributed by atoms with Crippen molar-refractivity contribution in [1.82, 2.24) is 0 Å². The van der Waals surface area contributed by atoms with Gasteiger partial charge >= 0.3 is 17.9 Å². The zero-order chi connectivity index (χ0) is 20.3. The summed E-state index contributed by atoms with van der Waals surface area (Å²) in [7, 11) is 0. The Labute approximate surface area is 164 Å². The Morgan fingerprint density at radius 2 is 1.22 bits per heavy atom. The van der Waals surface area contributed by atoms with E-state index in [-0.39, 0.29) is 19.3 Å². The van der Waals surface area contributed by atoms with Crippen molar-refractivity contribution in [3.63, 3.8) is 0 Å². The zero-order valence-electron chi connectivity index (χ0n) is 17.0. The molecule has 27 heavy (non-hydrogen) atoms. The van der Waals surface area contributed by atoms with Crippen LogP contribution in [0.2, 0.25) is 0 Å². The molecule has 0 aliphatic carbocycles. The molecule has 6 heteroatoms. The van der Waals surface area contributed by atoms with E-state index in [0.29, 0.717) is 6.42 Å². The lowest BCUT2D eigenvalue weighted by Crippen LogP contribution is -2.34. The average Bonchev–Trinajstić information content (AvgIpc) is 2.63. The Hall–Kier alpha value is -1.43. The van der Waals surface area contributed by atoms with Gasteiger partial charge in [0.15, 0.2) is 0 Å². The van der Waals surface area contributed by atoms with Crippen LogP contribution in [0.25, 0.3) is 0 Å². The summed E-state index contributed by atoms with van der Waals surface area (Å²) in [6, 6.07) is -1.06. The van der Waals surface area contributed by atoms with Crippen LogP contribution in [-0.4, -0.2) is 29.1 Å².